The number of nitrogens with one attached hydrogen (secondary N) is 2. The van der Waals surface area contributed by atoms with Crippen LogP contribution in [0.3, 0.4) is 0 Å². The van der Waals surface area contributed by atoms with Gasteiger partial charge in [0.2, 0.25) is 5.91 Å². The molecule has 9 nitrogen and oxygen atoms in total. The lowest BCUT2D eigenvalue weighted by atomic mass is 9.68. The molecule has 1 saturated heterocycles. The van der Waals surface area contributed by atoms with Crippen LogP contribution in [0.5, 0.6) is 0 Å². The summed E-state index contributed by atoms with van der Waals surface area (Å²) in [5.41, 5.74) is 2.70. The molecule has 4 heterocycles. The number of alkyl halides is 3. The molecule has 2 unspecified atom stereocenters. The predicted molar refractivity (Wildman–Crippen MR) is 130 cm³/mol. The molecular formula is C26H30F3N7O2. The lowest BCUT2D eigenvalue weighted by Gasteiger charge is -2.40. The Morgan fingerprint density at radius 1 is 1.26 bits per heavy atom. The molecule has 12 heteroatoms. The summed E-state index contributed by atoms with van der Waals surface area (Å²) in [4.78, 5) is 30.2. The average molecular weight is 530 g/mol. The first-order valence-corrected chi connectivity index (χ1v) is 13.2. The zero-order valence-corrected chi connectivity index (χ0v) is 21.0. The number of rotatable bonds is 7. The van der Waals surface area contributed by atoms with E-state index in [0.717, 1.165) is 12.8 Å². The van der Waals surface area contributed by atoms with E-state index in [1.54, 1.807) is 39.8 Å². The minimum Gasteiger partial charge on any atom is -0.355 e. The maximum Gasteiger partial charge on any atom is 0.393 e. The fourth-order valence-electron chi connectivity index (χ4n) is 6.08. The minimum atomic E-state index is -4.35. The first-order valence-electron chi connectivity index (χ1n) is 13.2. The quantitative estimate of drug-likeness (QED) is 0.488. The van der Waals surface area contributed by atoms with Crippen LogP contribution < -0.4 is 10.6 Å². The second-order valence-electron chi connectivity index (χ2n) is 11.1. The van der Waals surface area contributed by atoms with E-state index >= 15 is 0 Å². The summed E-state index contributed by atoms with van der Waals surface area (Å²) in [6, 6.07) is 4.85. The maximum absolute atomic E-state index is 13.2. The van der Waals surface area contributed by atoms with E-state index in [0.29, 0.717) is 34.7 Å². The number of nitrogens with zero attached hydrogens (tertiary/aromatic N) is 5. The highest BCUT2D eigenvalue weighted by Crippen LogP contribution is 2.65. The Balaban J connectivity index is 1.23. The highest BCUT2D eigenvalue weighted by atomic mass is 19.4. The van der Waals surface area contributed by atoms with E-state index in [1.807, 2.05) is 6.92 Å². The smallest absolute Gasteiger partial charge is 0.355 e. The Labute approximate surface area is 217 Å². The van der Waals surface area contributed by atoms with Gasteiger partial charge in [-0.3, -0.25) is 14.3 Å². The third-order valence-corrected chi connectivity index (χ3v) is 8.45. The van der Waals surface area contributed by atoms with E-state index < -0.39 is 18.0 Å². The summed E-state index contributed by atoms with van der Waals surface area (Å²) in [5.74, 6) is -2.69. The topological polar surface area (TPSA) is 106 Å². The van der Waals surface area contributed by atoms with Crippen molar-refractivity contribution in [2.45, 2.75) is 64.2 Å². The van der Waals surface area contributed by atoms with E-state index in [1.165, 1.54) is 12.8 Å². The summed E-state index contributed by atoms with van der Waals surface area (Å²) in [6.45, 7) is 2.12. The number of hydrogen-bond donors (Lipinski definition) is 2. The van der Waals surface area contributed by atoms with Gasteiger partial charge in [0.05, 0.1) is 29.5 Å². The Bertz CT molecular complexity index is 1370. The molecule has 3 fully saturated rings. The second-order valence-corrected chi connectivity index (χ2v) is 11.1. The van der Waals surface area contributed by atoms with Crippen molar-refractivity contribution in [1.29, 1.82) is 0 Å². The third-order valence-electron chi connectivity index (χ3n) is 8.45. The minimum absolute atomic E-state index is 0.105. The van der Waals surface area contributed by atoms with Gasteiger partial charge in [0.25, 0.3) is 5.91 Å². The highest BCUT2D eigenvalue weighted by molar-refractivity contribution is 5.92. The molecule has 3 aromatic rings. The summed E-state index contributed by atoms with van der Waals surface area (Å²) in [6.07, 6.45) is 3.42. The van der Waals surface area contributed by atoms with Crippen molar-refractivity contribution in [3.63, 3.8) is 0 Å². The number of hydrogen-bond acceptors (Lipinski definition) is 5. The number of amides is 2. The van der Waals surface area contributed by atoms with E-state index in [4.69, 9.17) is 4.98 Å². The Morgan fingerprint density at radius 3 is 2.76 bits per heavy atom. The molecule has 2 saturated carbocycles. The maximum atomic E-state index is 13.2. The van der Waals surface area contributed by atoms with Crippen LogP contribution in [0, 0.1) is 23.2 Å². The average Bonchev–Trinajstić information content (AvgIpc) is 3.32. The number of carbonyl (C=O) groups is 2. The van der Waals surface area contributed by atoms with E-state index in [-0.39, 0.29) is 43.2 Å². The molecule has 1 aliphatic heterocycles. The molecule has 1 spiro atoms. The zero-order chi connectivity index (χ0) is 26.7. The Morgan fingerprint density at radius 2 is 2.05 bits per heavy atom. The molecule has 6 rings (SSSR count). The van der Waals surface area contributed by atoms with Crippen molar-refractivity contribution in [3.8, 4) is 0 Å². The lowest BCUT2D eigenvalue weighted by molar-refractivity contribution is -0.183. The largest absolute Gasteiger partial charge is 0.393 e. The van der Waals surface area contributed by atoms with Gasteiger partial charge in [-0.05, 0) is 68.6 Å². The number of aryl methyl sites for hydroxylation is 1. The van der Waals surface area contributed by atoms with Crippen molar-refractivity contribution in [2.24, 2.45) is 23.2 Å². The Kier molecular flexibility index (Phi) is 5.95. The van der Waals surface area contributed by atoms with Gasteiger partial charge in [-0.15, -0.1) is 0 Å². The molecule has 2 amide bonds. The molecule has 3 aliphatic rings. The van der Waals surface area contributed by atoms with Crippen LogP contribution in [0.2, 0.25) is 0 Å². The van der Waals surface area contributed by atoms with Crippen LogP contribution in [0.15, 0.2) is 30.6 Å². The molecule has 2 aliphatic carbocycles. The molecule has 3 aromatic heterocycles. The molecule has 2 N–H and O–H groups in total. The number of piperidine rings is 1. The number of halogens is 3. The van der Waals surface area contributed by atoms with Gasteiger partial charge in [0.1, 0.15) is 5.69 Å². The fraction of sp³-hybridized carbons (Fsp3) is 0.577. The van der Waals surface area contributed by atoms with Crippen LogP contribution in [0.25, 0.3) is 5.65 Å². The number of carbonyl (C=O) groups excluding carboxylic acids is 2. The van der Waals surface area contributed by atoms with E-state index in [9.17, 15) is 22.8 Å². The molecule has 0 aromatic carbocycles. The summed E-state index contributed by atoms with van der Waals surface area (Å²) in [7, 11) is 0. The summed E-state index contributed by atoms with van der Waals surface area (Å²) >= 11 is 0. The Hall–Kier alpha value is -3.44. The zero-order valence-electron chi connectivity index (χ0n) is 21.0. The molecule has 202 valence electrons. The van der Waals surface area contributed by atoms with Crippen LogP contribution >= 0.6 is 0 Å². The SMILES string of the molecule is CCn1nccc1C(=O)NC(c1cn2nc(CC3C[C@@H](C(F)(F)F)CNC3=O)ccc2n1)C1CC2(CC2)C1. The third kappa shape index (κ3) is 4.64. The van der Waals surface area contributed by atoms with Crippen molar-refractivity contribution >= 4 is 17.5 Å². The molecule has 3 atom stereocenters. The van der Waals surface area contributed by atoms with Gasteiger partial charge < -0.3 is 10.6 Å². The van der Waals surface area contributed by atoms with Crippen molar-refractivity contribution < 1.29 is 22.8 Å². The van der Waals surface area contributed by atoms with Crippen molar-refractivity contribution in [1.82, 2.24) is 35.0 Å². The van der Waals surface area contributed by atoms with Gasteiger partial charge in [0, 0.05) is 31.6 Å². The van der Waals surface area contributed by atoms with Crippen LogP contribution in [-0.2, 0) is 17.8 Å². The van der Waals surface area contributed by atoms with Crippen molar-refractivity contribution in [2.75, 3.05) is 6.54 Å². The molecular weight excluding hydrogens is 499 g/mol. The van der Waals surface area contributed by atoms with Crippen molar-refractivity contribution in [3.05, 3.63) is 47.7 Å². The van der Waals surface area contributed by atoms with Gasteiger partial charge in [-0.1, -0.05) is 0 Å². The van der Waals surface area contributed by atoms with Gasteiger partial charge >= 0.3 is 6.18 Å². The van der Waals surface area contributed by atoms with Crippen LogP contribution in [0.4, 0.5) is 13.2 Å². The second kappa shape index (κ2) is 9.09. The highest BCUT2D eigenvalue weighted by Gasteiger charge is 2.55. The standard InChI is InChI=1S/C26H30F3N7O2/c1-2-35-20(5-8-31-35)24(38)33-22(16-11-25(12-16)6-7-25)19-14-36-21(32-19)4-3-18(34-36)10-15-9-17(26(27,28)29)13-30-23(15)37/h3-5,8,14-17,22H,2,6-7,9-13H2,1H3,(H,30,37)(H,33,38)/t15?,17-,22?/m1/s1. The number of fused-ring (bicyclic) bond motifs is 1. The van der Waals surface area contributed by atoms with Gasteiger partial charge in [0.15, 0.2) is 5.65 Å². The number of imidazole rings is 1. The van der Waals surface area contributed by atoms with Gasteiger partial charge in [-0.2, -0.15) is 23.4 Å². The number of aromatic nitrogens is 5. The first kappa shape index (κ1) is 24.9. The van der Waals surface area contributed by atoms with E-state index in [2.05, 4.69) is 20.8 Å². The van der Waals surface area contributed by atoms with Crippen LogP contribution in [0.1, 0.15) is 66.9 Å². The van der Waals surface area contributed by atoms with Gasteiger partial charge in [-0.25, -0.2) is 9.50 Å². The molecule has 38 heavy (non-hydrogen) atoms. The predicted octanol–water partition coefficient (Wildman–Crippen LogP) is 3.46. The monoisotopic (exact) mass is 529 g/mol. The normalized spacial score (nSPS) is 23.7. The molecule has 0 radical (unpaired) electrons. The fourth-order valence-corrected chi connectivity index (χ4v) is 6.08. The summed E-state index contributed by atoms with van der Waals surface area (Å²) in [5, 5.41) is 14.3. The lowest BCUT2D eigenvalue weighted by Crippen LogP contribution is -2.47. The van der Waals surface area contributed by atoms with Crippen LogP contribution in [-0.4, -0.2) is 48.9 Å². The first-order chi connectivity index (χ1) is 18.1. The summed E-state index contributed by atoms with van der Waals surface area (Å²) < 4.78 is 42.9. The molecule has 0 bridgehead atoms.